The van der Waals surface area contributed by atoms with Gasteiger partial charge in [-0.15, -0.1) is 0 Å². The molecule has 0 aliphatic carbocycles. The number of rotatable bonds is 2. The molecule has 0 amide bonds. The van der Waals surface area contributed by atoms with Gasteiger partial charge >= 0.3 is 0 Å². The Kier molecular flexibility index (Phi) is 5.01. The number of hydrogen-bond acceptors (Lipinski definition) is 4. The quantitative estimate of drug-likeness (QED) is 0.354. The van der Waals surface area contributed by atoms with E-state index in [4.69, 9.17) is 33.7 Å². The Morgan fingerprint density at radius 2 is 2.03 bits per heavy atom. The fourth-order valence-corrected chi connectivity index (χ4v) is 4.69. The number of ether oxygens (including phenoxy) is 1. The van der Waals surface area contributed by atoms with Crippen LogP contribution in [0.5, 0.6) is 0 Å². The van der Waals surface area contributed by atoms with Crippen LogP contribution in [0, 0.1) is 0 Å². The highest BCUT2D eigenvalue weighted by Crippen LogP contribution is 2.40. The van der Waals surface area contributed by atoms with Crippen LogP contribution in [0.4, 0.5) is 5.69 Å². The van der Waals surface area contributed by atoms with Crippen LogP contribution in [0.25, 0.3) is 32.9 Å². The Bertz CT molecular complexity index is 1360. The Morgan fingerprint density at radius 3 is 2.80 bits per heavy atom. The minimum atomic E-state index is -0.363. The first-order valence-electron chi connectivity index (χ1n) is 9.54. The van der Waals surface area contributed by atoms with Crippen molar-refractivity contribution in [3.05, 3.63) is 55.3 Å². The number of H-pyrrole nitrogens is 1. The van der Waals surface area contributed by atoms with E-state index in [-0.39, 0.29) is 17.5 Å². The number of aromatic nitrogens is 3. The molecule has 0 spiro atoms. The molecule has 4 aromatic rings. The molecule has 1 aliphatic rings. The van der Waals surface area contributed by atoms with Crippen LogP contribution in [0.15, 0.2) is 39.7 Å². The maximum absolute atomic E-state index is 12.6. The van der Waals surface area contributed by atoms with Crippen molar-refractivity contribution in [2.45, 2.75) is 25.5 Å². The summed E-state index contributed by atoms with van der Waals surface area (Å²) in [7, 11) is 0. The molecule has 1 atom stereocenters. The first kappa shape index (κ1) is 19.9. The molecule has 3 N–H and O–H groups in total. The van der Waals surface area contributed by atoms with Crippen LogP contribution in [0.1, 0.15) is 25.5 Å². The van der Waals surface area contributed by atoms with Gasteiger partial charge in [0.2, 0.25) is 0 Å². The van der Waals surface area contributed by atoms with Gasteiger partial charge < -0.3 is 15.5 Å². The second kappa shape index (κ2) is 7.57. The number of benzene rings is 2. The zero-order valence-corrected chi connectivity index (χ0v) is 18.8. The van der Waals surface area contributed by atoms with E-state index in [0.29, 0.717) is 37.7 Å². The van der Waals surface area contributed by atoms with Crippen molar-refractivity contribution in [2.24, 2.45) is 0 Å². The van der Waals surface area contributed by atoms with Crippen LogP contribution in [-0.2, 0) is 4.74 Å². The normalized spacial score (nSPS) is 17.1. The largest absolute Gasteiger partial charge is 0.394 e. The van der Waals surface area contributed by atoms with Crippen molar-refractivity contribution in [3.8, 4) is 11.1 Å². The molecule has 2 aromatic heterocycles. The summed E-state index contributed by atoms with van der Waals surface area (Å²) < 4.78 is 8.38. The molecular weight excluding hydrogens is 491 g/mol. The molecule has 9 heteroatoms. The highest BCUT2D eigenvalue weighted by Gasteiger charge is 2.22. The predicted octanol–water partition coefficient (Wildman–Crippen LogP) is 5.90. The molecule has 5 rings (SSSR count). The number of pyridine rings is 1. The van der Waals surface area contributed by atoms with E-state index in [0.717, 1.165) is 35.6 Å². The summed E-state index contributed by atoms with van der Waals surface area (Å²) in [6, 6.07) is 7.19. The third-order valence-electron chi connectivity index (χ3n) is 5.46. The Balaban J connectivity index is 1.81. The van der Waals surface area contributed by atoms with Gasteiger partial charge in [0.1, 0.15) is 17.4 Å². The molecule has 6 nitrogen and oxygen atoms in total. The zero-order chi connectivity index (χ0) is 21.0. The molecule has 30 heavy (non-hydrogen) atoms. The molecule has 1 saturated heterocycles. The van der Waals surface area contributed by atoms with Gasteiger partial charge in [-0.3, -0.25) is 4.79 Å². The number of anilines is 1. The molecular formula is C21H17BrCl2N4O2. The van der Waals surface area contributed by atoms with Gasteiger partial charge in [0, 0.05) is 33.6 Å². The van der Waals surface area contributed by atoms with Crippen molar-refractivity contribution < 1.29 is 4.74 Å². The molecule has 1 fully saturated rings. The first-order chi connectivity index (χ1) is 14.4. The number of halogens is 3. The van der Waals surface area contributed by atoms with E-state index in [1.54, 1.807) is 18.2 Å². The lowest BCUT2D eigenvalue weighted by Gasteiger charge is -2.22. The Labute approximate surface area is 190 Å². The van der Waals surface area contributed by atoms with Crippen LogP contribution in [0.2, 0.25) is 10.0 Å². The summed E-state index contributed by atoms with van der Waals surface area (Å²) in [5.74, 6) is 0. The number of hydrogen-bond donors (Lipinski definition) is 2. The van der Waals surface area contributed by atoms with Crippen LogP contribution in [-0.4, -0.2) is 21.4 Å². The average Bonchev–Trinajstić information content (AvgIpc) is 3.19. The fourth-order valence-electron chi connectivity index (χ4n) is 3.98. The zero-order valence-electron chi connectivity index (χ0n) is 15.7. The summed E-state index contributed by atoms with van der Waals surface area (Å²) >= 11 is 16.2. The van der Waals surface area contributed by atoms with Crippen LogP contribution < -0.4 is 11.3 Å². The Hall–Kier alpha value is -2.06. The SMILES string of the molecule is Nc1c(-c2ccc(Cl)c3nn(C4CCCCO4)cc23)c2cc(Cl)c(Br)cc2[nH]c1=O. The molecule has 0 saturated carbocycles. The highest BCUT2D eigenvalue weighted by molar-refractivity contribution is 9.10. The number of nitrogens with one attached hydrogen (secondary N) is 1. The molecule has 1 aliphatic heterocycles. The van der Waals surface area contributed by atoms with Crippen LogP contribution in [0.3, 0.4) is 0 Å². The third-order valence-corrected chi connectivity index (χ3v) is 6.96. The van der Waals surface area contributed by atoms with E-state index >= 15 is 0 Å². The highest BCUT2D eigenvalue weighted by atomic mass is 79.9. The fraction of sp³-hybridized carbons (Fsp3) is 0.238. The minimum absolute atomic E-state index is 0.117. The maximum Gasteiger partial charge on any atom is 0.272 e. The second-order valence-electron chi connectivity index (χ2n) is 7.34. The summed E-state index contributed by atoms with van der Waals surface area (Å²) in [6.45, 7) is 0.709. The molecule has 154 valence electrons. The van der Waals surface area contributed by atoms with Gasteiger partial charge in [0.05, 0.1) is 15.6 Å². The standard InChI is InChI=1S/C21H17BrCl2N4O2/c22-13-8-16-11(7-15(13)24)18(19(25)21(29)26-16)10-4-5-14(23)20-12(10)9-28(27-20)17-3-1-2-6-30-17/h4-5,7-9,17H,1-3,6,25H2,(H,26,29). The summed E-state index contributed by atoms with van der Waals surface area (Å²) in [5, 5.41) is 7.27. The van der Waals surface area contributed by atoms with Gasteiger partial charge in [-0.1, -0.05) is 29.3 Å². The predicted molar refractivity (Wildman–Crippen MR) is 124 cm³/mol. The van der Waals surface area contributed by atoms with Crippen molar-refractivity contribution in [1.82, 2.24) is 14.8 Å². The minimum Gasteiger partial charge on any atom is -0.394 e. The number of nitrogen functional groups attached to an aromatic ring is 1. The number of aromatic amines is 1. The van der Waals surface area contributed by atoms with Crippen molar-refractivity contribution in [3.63, 3.8) is 0 Å². The van der Waals surface area contributed by atoms with Crippen LogP contribution >= 0.6 is 39.1 Å². The number of nitrogens with zero attached hydrogens (tertiary/aromatic N) is 2. The van der Waals surface area contributed by atoms with Crippen molar-refractivity contribution >= 4 is 66.6 Å². The first-order valence-corrected chi connectivity index (χ1v) is 11.1. The van der Waals surface area contributed by atoms with E-state index in [2.05, 4.69) is 26.0 Å². The van der Waals surface area contributed by atoms with Gasteiger partial charge in [-0.25, -0.2) is 4.68 Å². The second-order valence-corrected chi connectivity index (χ2v) is 9.01. The molecule has 3 heterocycles. The van der Waals surface area contributed by atoms with Crippen molar-refractivity contribution in [2.75, 3.05) is 12.3 Å². The molecule has 2 aromatic carbocycles. The third kappa shape index (κ3) is 3.21. The van der Waals surface area contributed by atoms with E-state index in [1.807, 2.05) is 16.9 Å². The Morgan fingerprint density at radius 1 is 1.20 bits per heavy atom. The van der Waals surface area contributed by atoms with Gasteiger partial charge in [-0.2, -0.15) is 5.10 Å². The number of fused-ring (bicyclic) bond motifs is 2. The molecule has 0 bridgehead atoms. The number of nitrogens with two attached hydrogens (primary N) is 1. The lowest BCUT2D eigenvalue weighted by atomic mass is 9.97. The maximum atomic E-state index is 12.6. The van der Waals surface area contributed by atoms with E-state index in [1.165, 1.54) is 0 Å². The van der Waals surface area contributed by atoms with E-state index < -0.39 is 0 Å². The van der Waals surface area contributed by atoms with Gasteiger partial charge in [0.15, 0.2) is 0 Å². The monoisotopic (exact) mass is 506 g/mol. The average molecular weight is 508 g/mol. The van der Waals surface area contributed by atoms with Crippen molar-refractivity contribution in [1.29, 1.82) is 0 Å². The van der Waals surface area contributed by atoms with Gasteiger partial charge in [-0.05, 0) is 59.0 Å². The topological polar surface area (TPSA) is 85.9 Å². The molecule has 0 radical (unpaired) electrons. The lowest BCUT2D eigenvalue weighted by Crippen LogP contribution is -2.18. The molecule has 1 unspecified atom stereocenters. The van der Waals surface area contributed by atoms with E-state index in [9.17, 15) is 4.79 Å². The smallest absolute Gasteiger partial charge is 0.272 e. The summed E-state index contributed by atoms with van der Waals surface area (Å²) in [5.41, 5.74) is 8.66. The summed E-state index contributed by atoms with van der Waals surface area (Å²) in [4.78, 5) is 15.4. The lowest BCUT2D eigenvalue weighted by molar-refractivity contribution is -0.0390. The van der Waals surface area contributed by atoms with Gasteiger partial charge in [0.25, 0.3) is 5.56 Å². The summed E-state index contributed by atoms with van der Waals surface area (Å²) in [6.07, 6.45) is 4.81.